The second kappa shape index (κ2) is 7.21. The zero-order valence-corrected chi connectivity index (χ0v) is 12.4. The van der Waals surface area contributed by atoms with Crippen LogP contribution in [0.5, 0.6) is 0 Å². The van der Waals surface area contributed by atoms with Gasteiger partial charge in [0.25, 0.3) is 0 Å². The molecule has 1 aromatic carbocycles. The van der Waals surface area contributed by atoms with Crippen LogP contribution in [0.2, 0.25) is 0 Å². The minimum Gasteiger partial charge on any atom is -0.481 e. The first-order valence-corrected chi connectivity index (χ1v) is 7.84. The number of benzene rings is 1. The SMILES string of the molecule is CCN(C(C)CC(=O)O)S(=O)(=O)C=Cc1ccccc1. The average Bonchev–Trinajstić information content (AvgIpc) is 2.37. The Labute approximate surface area is 119 Å². The molecule has 1 unspecified atom stereocenters. The van der Waals surface area contributed by atoms with E-state index in [0.29, 0.717) is 0 Å². The first-order valence-electron chi connectivity index (χ1n) is 6.33. The van der Waals surface area contributed by atoms with Crippen molar-refractivity contribution in [2.45, 2.75) is 26.3 Å². The Kier molecular flexibility index (Phi) is 5.91. The molecule has 0 aliphatic carbocycles. The lowest BCUT2D eigenvalue weighted by atomic mass is 10.2. The quantitative estimate of drug-likeness (QED) is 0.837. The molecule has 0 fully saturated rings. The summed E-state index contributed by atoms with van der Waals surface area (Å²) in [5.41, 5.74) is 0.776. The molecule has 0 saturated heterocycles. The summed E-state index contributed by atoms with van der Waals surface area (Å²) in [5, 5.41) is 9.88. The standard InChI is InChI=1S/C14H19NO4S/c1-3-15(12(2)11-14(16)17)20(18,19)10-9-13-7-5-4-6-8-13/h4-10,12H,3,11H2,1-2H3,(H,16,17). The topological polar surface area (TPSA) is 74.7 Å². The molecule has 5 nitrogen and oxygen atoms in total. The second-order valence-corrected chi connectivity index (χ2v) is 6.18. The summed E-state index contributed by atoms with van der Waals surface area (Å²) in [6.45, 7) is 3.51. The van der Waals surface area contributed by atoms with Gasteiger partial charge < -0.3 is 5.11 Å². The first-order chi connectivity index (χ1) is 9.36. The average molecular weight is 297 g/mol. The third-order valence-electron chi connectivity index (χ3n) is 2.83. The molecule has 0 bridgehead atoms. The Bertz CT molecular complexity index is 566. The zero-order chi connectivity index (χ0) is 15.2. The number of carboxylic acids is 1. The Hall–Kier alpha value is -1.66. The van der Waals surface area contributed by atoms with Crippen molar-refractivity contribution in [3.8, 4) is 0 Å². The molecule has 1 N–H and O–H groups in total. The number of hydrogen-bond donors (Lipinski definition) is 1. The second-order valence-electron chi connectivity index (χ2n) is 4.41. The molecule has 0 radical (unpaired) electrons. The van der Waals surface area contributed by atoms with Gasteiger partial charge in [0.2, 0.25) is 10.0 Å². The normalized spacial score (nSPS) is 13.8. The van der Waals surface area contributed by atoms with Crippen molar-refractivity contribution in [2.24, 2.45) is 0 Å². The van der Waals surface area contributed by atoms with E-state index in [0.717, 1.165) is 11.0 Å². The van der Waals surface area contributed by atoms with Crippen molar-refractivity contribution in [2.75, 3.05) is 6.54 Å². The van der Waals surface area contributed by atoms with Crippen LogP contribution in [-0.2, 0) is 14.8 Å². The Balaban J connectivity index is 2.90. The minimum atomic E-state index is -3.63. The van der Waals surface area contributed by atoms with E-state index in [-0.39, 0.29) is 13.0 Å². The van der Waals surface area contributed by atoms with Crippen LogP contribution in [0, 0.1) is 0 Å². The highest BCUT2D eigenvalue weighted by Crippen LogP contribution is 2.13. The highest BCUT2D eigenvalue weighted by atomic mass is 32.2. The predicted octanol–water partition coefficient (Wildman–Crippen LogP) is 2.17. The summed E-state index contributed by atoms with van der Waals surface area (Å²) >= 11 is 0. The molecule has 20 heavy (non-hydrogen) atoms. The number of aliphatic carboxylic acids is 1. The molecular formula is C14H19NO4S. The number of nitrogens with zero attached hydrogens (tertiary/aromatic N) is 1. The lowest BCUT2D eigenvalue weighted by Gasteiger charge is -2.24. The summed E-state index contributed by atoms with van der Waals surface area (Å²) < 4.78 is 25.6. The third-order valence-corrected chi connectivity index (χ3v) is 4.58. The van der Waals surface area contributed by atoms with Crippen molar-refractivity contribution in [3.63, 3.8) is 0 Å². The molecular weight excluding hydrogens is 278 g/mol. The Morgan fingerprint density at radius 1 is 1.35 bits per heavy atom. The smallest absolute Gasteiger partial charge is 0.304 e. The van der Waals surface area contributed by atoms with Gasteiger partial charge in [0.05, 0.1) is 6.42 Å². The predicted molar refractivity (Wildman–Crippen MR) is 78.5 cm³/mol. The van der Waals surface area contributed by atoms with Crippen LogP contribution in [0.1, 0.15) is 25.8 Å². The van der Waals surface area contributed by atoms with E-state index in [2.05, 4.69) is 0 Å². The van der Waals surface area contributed by atoms with Crippen molar-refractivity contribution in [1.82, 2.24) is 4.31 Å². The summed E-state index contributed by atoms with van der Waals surface area (Å²) in [6.07, 6.45) is 1.29. The van der Waals surface area contributed by atoms with E-state index in [1.54, 1.807) is 26.0 Å². The minimum absolute atomic E-state index is 0.216. The number of carboxylic acid groups (broad SMARTS) is 1. The van der Waals surface area contributed by atoms with Gasteiger partial charge in [-0.3, -0.25) is 4.79 Å². The van der Waals surface area contributed by atoms with Crippen LogP contribution in [0.4, 0.5) is 0 Å². The molecule has 0 aliphatic rings. The van der Waals surface area contributed by atoms with Gasteiger partial charge in [0.15, 0.2) is 0 Å². The molecule has 1 atom stereocenters. The molecule has 0 heterocycles. The molecule has 0 aliphatic heterocycles. The number of rotatable bonds is 7. The van der Waals surface area contributed by atoms with Gasteiger partial charge in [0.1, 0.15) is 0 Å². The molecule has 1 rings (SSSR count). The van der Waals surface area contributed by atoms with Gasteiger partial charge in [-0.25, -0.2) is 8.42 Å². The fraction of sp³-hybridized carbons (Fsp3) is 0.357. The van der Waals surface area contributed by atoms with E-state index in [1.165, 1.54) is 10.4 Å². The first kappa shape index (κ1) is 16.4. The Morgan fingerprint density at radius 2 is 1.95 bits per heavy atom. The summed E-state index contributed by atoms with van der Waals surface area (Å²) in [7, 11) is -3.63. The fourth-order valence-corrected chi connectivity index (χ4v) is 3.33. The van der Waals surface area contributed by atoms with E-state index < -0.39 is 22.0 Å². The van der Waals surface area contributed by atoms with E-state index >= 15 is 0 Å². The van der Waals surface area contributed by atoms with E-state index in [1.807, 2.05) is 18.2 Å². The van der Waals surface area contributed by atoms with Crippen LogP contribution in [0.3, 0.4) is 0 Å². The van der Waals surface area contributed by atoms with Gasteiger partial charge in [-0.2, -0.15) is 4.31 Å². The van der Waals surface area contributed by atoms with Crippen molar-refractivity contribution >= 4 is 22.1 Å². The van der Waals surface area contributed by atoms with E-state index in [9.17, 15) is 13.2 Å². The van der Waals surface area contributed by atoms with Crippen molar-refractivity contribution in [3.05, 3.63) is 41.3 Å². The van der Waals surface area contributed by atoms with Gasteiger partial charge in [0, 0.05) is 18.0 Å². The summed E-state index contributed by atoms with van der Waals surface area (Å²) in [5.74, 6) is -1.02. The van der Waals surface area contributed by atoms with E-state index in [4.69, 9.17) is 5.11 Å². The summed E-state index contributed by atoms with van der Waals surface area (Å²) in [6, 6.07) is 8.49. The highest BCUT2D eigenvalue weighted by Gasteiger charge is 2.25. The van der Waals surface area contributed by atoms with Gasteiger partial charge >= 0.3 is 5.97 Å². The van der Waals surface area contributed by atoms with Gasteiger partial charge in [-0.1, -0.05) is 37.3 Å². The Morgan fingerprint density at radius 3 is 2.45 bits per heavy atom. The molecule has 0 spiro atoms. The monoisotopic (exact) mass is 297 g/mol. The van der Waals surface area contributed by atoms with Crippen LogP contribution < -0.4 is 0 Å². The maximum absolute atomic E-state index is 12.2. The molecule has 0 saturated carbocycles. The third kappa shape index (κ3) is 4.79. The molecule has 110 valence electrons. The number of hydrogen-bond acceptors (Lipinski definition) is 3. The molecule has 0 amide bonds. The largest absolute Gasteiger partial charge is 0.481 e. The van der Waals surface area contributed by atoms with Crippen molar-refractivity contribution in [1.29, 1.82) is 0 Å². The maximum atomic E-state index is 12.2. The van der Waals surface area contributed by atoms with Crippen LogP contribution in [0.25, 0.3) is 6.08 Å². The maximum Gasteiger partial charge on any atom is 0.304 e. The molecule has 0 aromatic heterocycles. The highest BCUT2D eigenvalue weighted by molar-refractivity contribution is 7.92. The van der Waals surface area contributed by atoms with Crippen molar-refractivity contribution < 1.29 is 18.3 Å². The van der Waals surface area contributed by atoms with Crippen LogP contribution >= 0.6 is 0 Å². The lowest BCUT2D eigenvalue weighted by Crippen LogP contribution is -2.38. The summed E-state index contributed by atoms with van der Waals surface area (Å²) in [4.78, 5) is 10.7. The number of sulfonamides is 1. The van der Waals surface area contributed by atoms with Gasteiger partial charge in [-0.15, -0.1) is 0 Å². The zero-order valence-electron chi connectivity index (χ0n) is 11.6. The van der Waals surface area contributed by atoms with Crippen LogP contribution in [-0.4, -0.2) is 36.4 Å². The molecule has 6 heteroatoms. The van der Waals surface area contributed by atoms with Crippen LogP contribution in [0.15, 0.2) is 35.7 Å². The molecule has 1 aromatic rings. The fourth-order valence-electron chi connectivity index (χ4n) is 1.90. The number of carbonyl (C=O) groups is 1. The lowest BCUT2D eigenvalue weighted by molar-refractivity contribution is -0.137. The van der Waals surface area contributed by atoms with Gasteiger partial charge in [-0.05, 0) is 18.6 Å².